The second kappa shape index (κ2) is 7.31. The zero-order valence-electron chi connectivity index (χ0n) is 10.8. The molecule has 3 nitrogen and oxygen atoms in total. The number of fused-ring (bicyclic) bond motifs is 1. The molecule has 1 N–H and O–H groups in total. The van der Waals surface area contributed by atoms with Crippen LogP contribution in [-0.2, 0) is 0 Å². The molecule has 0 saturated heterocycles. The summed E-state index contributed by atoms with van der Waals surface area (Å²) in [5.41, 5.74) is 0.896. The number of furan rings is 1. The Balaban J connectivity index is 1.72. The van der Waals surface area contributed by atoms with E-state index in [0.29, 0.717) is 0 Å². The number of pyridine rings is 1. The first-order valence-electron chi connectivity index (χ1n) is 6.47. The quantitative estimate of drug-likeness (QED) is 0.726. The van der Waals surface area contributed by atoms with Crippen molar-refractivity contribution >= 4 is 28.5 Å². The molecule has 0 bridgehead atoms. The molecule has 0 spiro atoms. The maximum Gasteiger partial charge on any atom is 0.139 e. The molecule has 2 heterocycles. The third kappa shape index (κ3) is 3.67. The predicted octanol–water partition coefficient (Wildman–Crippen LogP) is 4.16. The Morgan fingerprint density at radius 3 is 3.00 bits per heavy atom. The highest BCUT2D eigenvalue weighted by molar-refractivity contribution is 7.98. The van der Waals surface area contributed by atoms with Gasteiger partial charge in [0, 0.05) is 12.7 Å². The van der Waals surface area contributed by atoms with Crippen molar-refractivity contribution < 1.29 is 4.42 Å². The van der Waals surface area contributed by atoms with Gasteiger partial charge in [0.25, 0.3) is 0 Å². The summed E-state index contributed by atoms with van der Waals surface area (Å²) in [6, 6.07) is 3.85. The van der Waals surface area contributed by atoms with Gasteiger partial charge in [-0.1, -0.05) is 12.8 Å². The number of thioether (sulfide) groups is 1. The minimum atomic E-state index is 0.896. The molecule has 98 valence electrons. The van der Waals surface area contributed by atoms with E-state index in [1.165, 1.54) is 31.4 Å². The van der Waals surface area contributed by atoms with Gasteiger partial charge in [-0.2, -0.15) is 11.8 Å². The van der Waals surface area contributed by atoms with E-state index in [2.05, 4.69) is 16.6 Å². The molecule has 0 radical (unpaired) electrons. The summed E-state index contributed by atoms with van der Waals surface area (Å²) < 4.78 is 5.35. The molecule has 0 atom stereocenters. The van der Waals surface area contributed by atoms with Gasteiger partial charge >= 0.3 is 0 Å². The van der Waals surface area contributed by atoms with Gasteiger partial charge < -0.3 is 9.73 Å². The van der Waals surface area contributed by atoms with Crippen molar-refractivity contribution in [3.63, 3.8) is 0 Å². The molecule has 2 aromatic rings. The summed E-state index contributed by atoms with van der Waals surface area (Å²) >= 11 is 1.93. The molecule has 0 aliphatic rings. The number of aromatic nitrogens is 1. The number of anilines is 1. The highest BCUT2D eigenvalue weighted by atomic mass is 32.2. The molecular weight excluding hydrogens is 244 g/mol. The fraction of sp³-hybridized carbons (Fsp3) is 0.500. The van der Waals surface area contributed by atoms with Crippen molar-refractivity contribution in [1.82, 2.24) is 4.98 Å². The Labute approximate surface area is 112 Å². The largest absolute Gasteiger partial charge is 0.464 e. The maximum atomic E-state index is 5.35. The van der Waals surface area contributed by atoms with Crippen LogP contribution in [0.15, 0.2) is 29.0 Å². The Bertz CT molecular complexity index is 470. The van der Waals surface area contributed by atoms with Crippen LogP contribution in [0.2, 0.25) is 0 Å². The van der Waals surface area contributed by atoms with E-state index < -0.39 is 0 Å². The van der Waals surface area contributed by atoms with Crippen LogP contribution in [0, 0.1) is 0 Å². The molecule has 0 amide bonds. The van der Waals surface area contributed by atoms with Gasteiger partial charge in [0.2, 0.25) is 0 Å². The fourth-order valence-electron chi connectivity index (χ4n) is 1.97. The highest BCUT2D eigenvalue weighted by Crippen LogP contribution is 2.21. The molecule has 4 heteroatoms. The molecule has 0 unspecified atom stereocenters. The van der Waals surface area contributed by atoms with Crippen molar-refractivity contribution in [3.8, 4) is 0 Å². The molecule has 0 saturated carbocycles. The molecular formula is C14H20N2OS. The van der Waals surface area contributed by atoms with Crippen LogP contribution in [0.25, 0.3) is 11.0 Å². The lowest BCUT2D eigenvalue weighted by atomic mass is 10.2. The van der Waals surface area contributed by atoms with Crippen LogP contribution in [0.4, 0.5) is 5.82 Å². The lowest BCUT2D eigenvalue weighted by Gasteiger charge is -2.06. The van der Waals surface area contributed by atoms with Gasteiger partial charge in [-0.25, -0.2) is 4.98 Å². The number of hydrogen-bond acceptors (Lipinski definition) is 4. The molecule has 0 aromatic carbocycles. The van der Waals surface area contributed by atoms with Crippen LogP contribution >= 0.6 is 11.8 Å². The maximum absolute atomic E-state index is 5.35. The lowest BCUT2D eigenvalue weighted by molar-refractivity contribution is 0.615. The first-order chi connectivity index (χ1) is 8.92. The SMILES string of the molecule is CSCCCCCCNc1nccc2occc12. The van der Waals surface area contributed by atoms with E-state index >= 15 is 0 Å². The number of nitrogens with one attached hydrogen (secondary N) is 1. The molecule has 2 rings (SSSR count). The summed E-state index contributed by atoms with van der Waals surface area (Å²) in [5.74, 6) is 2.22. The summed E-state index contributed by atoms with van der Waals surface area (Å²) in [6.45, 7) is 0.983. The first-order valence-corrected chi connectivity index (χ1v) is 7.86. The average molecular weight is 264 g/mol. The fourth-order valence-corrected chi connectivity index (χ4v) is 2.46. The number of rotatable bonds is 8. The topological polar surface area (TPSA) is 38.1 Å². The Morgan fingerprint density at radius 2 is 2.11 bits per heavy atom. The van der Waals surface area contributed by atoms with Crippen molar-refractivity contribution in [2.45, 2.75) is 25.7 Å². The standard InChI is InChI=1S/C14H20N2OS/c1-18-11-5-3-2-4-8-15-14-12-7-10-17-13(12)6-9-16-14/h6-7,9-10H,2-5,8,11H2,1H3,(H,15,16). The second-order valence-electron chi connectivity index (χ2n) is 4.33. The normalized spacial score (nSPS) is 10.9. The zero-order chi connectivity index (χ0) is 12.6. The summed E-state index contributed by atoms with van der Waals surface area (Å²) in [5, 5.41) is 4.46. The molecule has 2 aromatic heterocycles. The van der Waals surface area contributed by atoms with Gasteiger partial charge in [0.05, 0.1) is 11.6 Å². The van der Waals surface area contributed by atoms with Gasteiger partial charge in [0.1, 0.15) is 11.4 Å². The zero-order valence-corrected chi connectivity index (χ0v) is 11.6. The van der Waals surface area contributed by atoms with Crippen LogP contribution in [-0.4, -0.2) is 23.5 Å². The Kier molecular flexibility index (Phi) is 5.39. The van der Waals surface area contributed by atoms with E-state index in [4.69, 9.17) is 4.42 Å². The van der Waals surface area contributed by atoms with Crippen molar-refractivity contribution in [3.05, 3.63) is 24.6 Å². The summed E-state index contributed by atoms with van der Waals surface area (Å²) in [6.07, 6.45) is 10.8. The average Bonchev–Trinajstić information content (AvgIpc) is 2.86. The number of hydrogen-bond donors (Lipinski definition) is 1. The highest BCUT2D eigenvalue weighted by Gasteiger charge is 2.03. The van der Waals surface area contributed by atoms with E-state index in [1.54, 1.807) is 12.5 Å². The third-order valence-electron chi connectivity index (χ3n) is 2.95. The minimum absolute atomic E-state index is 0.896. The van der Waals surface area contributed by atoms with E-state index in [9.17, 15) is 0 Å². The van der Waals surface area contributed by atoms with Crippen LogP contribution in [0.1, 0.15) is 25.7 Å². The van der Waals surface area contributed by atoms with Gasteiger partial charge in [0.15, 0.2) is 0 Å². The smallest absolute Gasteiger partial charge is 0.139 e. The Morgan fingerprint density at radius 1 is 1.22 bits per heavy atom. The van der Waals surface area contributed by atoms with E-state index in [-0.39, 0.29) is 0 Å². The van der Waals surface area contributed by atoms with Crippen molar-refractivity contribution in [1.29, 1.82) is 0 Å². The van der Waals surface area contributed by atoms with Crippen LogP contribution in [0.3, 0.4) is 0 Å². The van der Waals surface area contributed by atoms with Crippen molar-refractivity contribution in [2.75, 3.05) is 23.9 Å². The molecule has 0 aliphatic carbocycles. The monoisotopic (exact) mass is 264 g/mol. The lowest BCUT2D eigenvalue weighted by Crippen LogP contribution is -2.03. The molecule has 18 heavy (non-hydrogen) atoms. The Hall–Kier alpha value is -1.16. The first kappa shape index (κ1) is 13.3. The van der Waals surface area contributed by atoms with Crippen LogP contribution in [0.5, 0.6) is 0 Å². The van der Waals surface area contributed by atoms with E-state index in [0.717, 1.165) is 23.3 Å². The summed E-state index contributed by atoms with van der Waals surface area (Å²) in [7, 11) is 0. The molecule has 0 fully saturated rings. The summed E-state index contributed by atoms with van der Waals surface area (Å²) in [4.78, 5) is 4.35. The van der Waals surface area contributed by atoms with Gasteiger partial charge in [-0.3, -0.25) is 0 Å². The van der Waals surface area contributed by atoms with E-state index in [1.807, 2.05) is 23.9 Å². The predicted molar refractivity (Wildman–Crippen MR) is 79.3 cm³/mol. The number of nitrogens with zero attached hydrogens (tertiary/aromatic N) is 1. The van der Waals surface area contributed by atoms with Gasteiger partial charge in [-0.05, 0) is 37.0 Å². The number of unbranched alkanes of at least 4 members (excludes halogenated alkanes) is 3. The second-order valence-corrected chi connectivity index (χ2v) is 5.31. The molecule has 0 aliphatic heterocycles. The van der Waals surface area contributed by atoms with Crippen molar-refractivity contribution in [2.24, 2.45) is 0 Å². The minimum Gasteiger partial charge on any atom is -0.464 e. The van der Waals surface area contributed by atoms with Crippen LogP contribution < -0.4 is 5.32 Å². The third-order valence-corrected chi connectivity index (χ3v) is 3.64. The van der Waals surface area contributed by atoms with Gasteiger partial charge in [-0.15, -0.1) is 0 Å².